The molecular weight excluding hydrogens is 260 g/mol. The molecule has 1 aromatic carbocycles. The predicted molar refractivity (Wildman–Crippen MR) is 79.7 cm³/mol. The highest BCUT2D eigenvalue weighted by atomic mass is 35.5. The largest absolute Gasteiger partial charge is 0.506 e. The molecule has 4 heteroatoms. The normalized spacial score (nSPS) is 19.2. The van der Waals surface area contributed by atoms with Crippen LogP contribution in [0.5, 0.6) is 5.75 Å². The van der Waals surface area contributed by atoms with Crippen LogP contribution in [0.3, 0.4) is 0 Å². The number of likely N-dealkylation sites (tertiary alicyclic amines) is 1. The van der Waals surface area contributed by atoms with Crippen molar-refractivity contribution < 1.29 is 5.11 Å². The Morgan fingerprint density at radius 3 is 2.37 bits per heavy atom. The molecule has 2 aliphatic heterocycles. The Bertz CT molecular complexity index is 380. The van der Waals surface area contributed by atoms with Gasteiger partial charge in [0.1, 0.15) is 5.75 Å². The molecule has 2 aliphatic rings. The van der Waals surface area contributed by atoms with Gasteiger partial charge >= 0.3 is 0 Å². The highest BCUT2D eigenvalue weighted by Gasteiger charge is 2.14. The molecule has 3 nitrogen and oxygen atoms in total. The second-order valence-electron chi connectivity index (χ2n) is 5.19. The van der Waals surface area contributed by atoms with E-state index in [0.29, 0.717) is 5.02 Å². The summed E-state index contributed by atoms with van der Waals surface area (Å²) in [6.07, 6.45) is 5.33. The molecule has 0 unspecified atom stereocenters. The van der Waals surface area contributed by atoms with Crippen molar-refractivity contribution in [2.45, 2.75) is 32.2 Å². The van der Waals surface area contributed by atoms with Crippen LogP contribution in [0, 0.1) is 0 Å². The number of phenols is 1. The summed E-state index contributed by atoms with van der Waals surface area (Å²) in [4.78, 5) is 2.36. The highest BCUT2D eigenvalue weighted by Crippen LogP contribution is 2.28. The van der Waals surface area contributed by atoms with Gasteiger partial charge in [0.05, 0.1) is 5.02 Å². The van der Waals surface area contributed by atoms with Crippen molar-refractivity contribution >= 4 is 11.6 Å². The standard InChI is InChI=1S/C11H14ClNO.C4H9N/c12-11-9(4-3-5-10(11)14)8-13-6-1-2-7-13;1-2-4-5-3-1/h3-5,14H,1-2,6-8H2;5H,1-4H2. The minimum absolute atomic E-state index is 0.184. The molecule has 0 amide bonds. The van der Waals surface area contributed by atoms with Gasteiger partial charge in [0, 0.05) is 6.54 Å². The van der Waals surface area contributed by atoms with Crippen LogP contribution in [-0.4, -0.2) is 36.2 Å². The molecule has 2 fully saturated rings. The summed E-state index contributed by atoms with van der Waals surface area (Å²) >= 11 is 5.99. The van der Waals surface area contributed by atoms with Crippen LogP contribution in [-0.2, 0) is 6.54 Å². The van der Waals surface area contributed by atoms with E-state index in [1.54, 1.807) is 6.07 Å². The molecule has 0 spiro atoms. The SMILES string of the molecule is C1CCNC1.Oc1cccc(CN2CCCC2)c1Cl. The van der Waals surface area contributed by atoms with Crippen molar-refractivity contribution in [2.75, 3.05) is 26.2 Å². The van der Waals surface area contributed by atoms with E-state index in [1.807, 2.05) is 12.1 Å². The Kier molecular flexibility index (Phi) is 5.95. The van der Waals surface area contributed by atoms with Gasteiger partial charge in [-0.05, 0) is 63.5 Å². The van der Waals surface area contributed by atoms with E-state index in [4.69, 9.17) is 11.6 Å². The van der Waals surface area contributed by atoms with Crippen molar-refractivity contribution in [3.63, 3.8) is 0 Å². The van der Waals surface area contributed by atoms with Crippen molar-refractivity contribution in [3.05, 3.63) is 28.8 Å². The molecule has 1 aromatic rings. The third-order valence-corrected chi connectivity index (χ3v) is 4.04. The number of aromatic hydroxyl groups is 1. The fourth-order valence-electron chi connectivity index (χ4n) is 2.49. The lowest BCUT2D eigenvalue weighted by Gasteiger charge is -2.15. The van der Waals surface area contributed by atoms with E-state index >= 15 is 0 Å². The molecular formula is C15H23ClN2O. The molecule has 2 N–H and O–H groups in total. The first-order chi connectivity index (χ1) is 9.27. The van der Waals surface area contributed by atoms with Gasteiger partial charge in [-0.15, -0.1) is 0 Å². The van der Waals surface area contributed by atoms with E-state index in [9.17, 15) is 5.11 Å². The summed E-state index contributed by atoms with van der Waals surface area (Å²) in [5, 5.41) is 13.1. The fraction of sp³-hybridized carbons (Fsp3) is 0.600. The number of nitrogens with zero attached hydrogens (tertiary/aromatic N) is 1. The quantitative estimate of drug-likeness (QED) is 0.875. The first kappa shape index (κ1) is 14.6. The van der Waals surface area contributed by atoms with Crippen LogP contribution in [0.2, 0.25) is 5.02 Å². The van der Waals surface area contributed by atoms with Crippen LogP contribution < -0.4 is 5.32 Å². The van der Waals surface area contributed by atoms with Crippen LogP contribution in [0.15, 0.2) is 18.2 Å². The average Bonchev–Trinajstić information content (AvgIpc) is 3.10. The smallest absolute Gasteiger partial charge is 0.134 e. The Morgan fingerprint density at radius 1 is 1.11 bits per heavy atom. The molecule has 2 heterocycles. The van der Waals surface area contributed by atoms with Gasteiger partial charge < -0.3 is 10.4 Å². The lowest BCUT2D eigenvalue weighted by molar-refractivity contribution is 0.331. The fourth-order valence-corrected chi connectivity index (χ4v) is 2.68. The summed E-state index contributed by atoms with van der Waals surface area (Å²) in [6.45, 7) is 5.64. The van der Waals surface area contributed by atoms with Gasteiger partial charge in [-0.1, -0.05) is 23.7 Å². The van der Waals surface area contributed by atoms with Crippen molar-refractivity contribution in [3.8, 4) is 5.75 Å². The van der Waals surface area contributed by atoms with Crippen molar-refractivity contribution in [1.82, 2.24) is 10.2 Å². The summed E-state index contributed by atoms with van der Waals surface area (Å²) in [6, 6.07) is 5.43. The monoisotopic (exact) mass is 282 g/mol. The maximum Gasteiger partial charge on any atom is 0.134 e. The molecule has 106 valence electrons. The summed E-state index contributed by atoms with van der Waals surface area (Å²) in [5.74, 6) is 0.184. The van der Waals surface area contributed by atoms with Crippen molar-refractivity contribution in [2.24, 2.45) is 0 Å². The molecule has 0 bridgehead atoms. The van der Waals surface area contributed by atoms with Gasteiger partial charge in [-0.2, -0.15) is 0 Å². The maximum atomic E-state index is 9.42. The van der Waals surface area contributed by atoms with Crippen molar-refractivity contribution in [1.29, 1.82) is 0 Å². The first-order valence-corrected chi connectivity index (χ1v) is 7.54. The van der Waals surface area contributed by atoms with Gasteiger partial charge in [0.2, 0.25) is 0 Å². The van der Waals surface area contributed by atoms with E-state index in [1.165, 1.54) is 38.8 Å². The van der Waals surface area contributed by atoms with Gasteiger partial charge in [0.15, 0.2) is 0 Å². The zero-order chi connectivity index (χ0) is 13.5. The van der Waals surface area contributed by atoms with E-state index in [0.717, 1.165) is 25.2 Å². The molecule has 2 saturated heterocycles. The van der Waals surface area contributed by atoms with Crippen LogP contribution in [0.1, 0.15) is 31.2 Å². The number of nitrogens with one attached hydrogen (secondary N) is 1. The highest BCUT2D eigenvalue weighted by molar-refractivity contribution is 6.32. The Balaban J connectivity index is 0.000000224. The Morgan fingerprint density at radius 2 is 1.79 bits per heavy atom. The maximum absolute atomic E-state index is 9.42. The molecule has 3 rings (SSSR count). The second kappa shape index (κ2) is 7.73. The number of halogens is 1. The molecule has 0 radical (unpaired) electrons. The van der Waals surface area contributed by atoms with Crippen LogP contribution in [0.4, 0.5) is 0 Å². The second-order valence-corrected chi connectivity index (χ2v) is 5.57. The molecule has 0 atom stereocenters. The van der Waals surface area contributed by atoms with E-state index < -0.39 is 0 Å². The number of phenolic OH excluding ortho intramolecular Hbond substituents is 1. The zero-order valence-corrected chi connectivity index (χ0v) is 12.1. The third kappa shape index (κ3) is 4.68. The number of hydrogen-bond acceptors (Lipinski definition) is 3. The zero-order valence-electron chi connectivity index (χ0n) is 11.4. The lowest BCUT2D eigenvalue weighted by atomic mass is 10.2. The lowest BCUT2D eigenvalue weighted by Crippen LogP contribution is -2.18. The molecule has 0 saturated carbocycles. The number of benzene rings is 1. The van der Waals surface area contributed by atoms with Gasteiger partial charge in [-0.3, -0.25) is 4.90 Å². The van der Waals surface area contributed by atoms with Crippen LogP contribution >= 0.6 is 11.6 Å². The predicted octanol–water partition coefficient (Wildman–Crippen LogP) is 3.01. The number of hydrogen-bond donors (Lipinski definition) is 2. The topological polar surface area (TPSA) is 35.5 Å². The number of rotatable bonds is 2. The minimum atomic E-state index is 0.184. The first-order valence-electron chi connectivity index (χ1n) is 7.17. The average molecular weight is 283 g/mol. The van der Waals surface area contributed by atoms with Crippen LogP contribution in [0.25, 0.3) is 0 Å². The summed E-state index contributed by atoms with van der Waals surface area (Å²) < 4.78 is 0. The molecule has 0 aromatic heterocycles. The summed E-state index contributed by atoms with van der Waals surface area (Å²) in [7, 11) is 0. The Hall–Kier alpha value is -0.770. The molecule has 19 heavy (non-hydrogen) atoms. The van der Waals surface area contributed by atoms with E-state index in [-0.39, 0.29) is 5.75 Å². The Labute approximate surface area is 120 Å². The van der Waals surface area contributed by atoms with E-state index in [2.05, 4.69) is 10.2 Å². The van der Waals surface area contributed by atoms with Gasteiger partial charge in [-0.25, -0.2) is 0 Å². The third-order valence-electron chi connectivity index (χ3n) is 3.61. The van der Waals surface area contributed by atoms with Gasteiger partial charge in [0.25, 0.3) is 0 Å². The minimum Gasteiger partial charge on any atom is -0.506 e. The summed E-state index contributed by atoms with van der Waals surface area (Å²) in [5.41, 5.74) is 1.02. The molecule has 0 aliphatic carbocycles.